The molecule has 0 aliphatic rings. The molecule has 1 aromatic heterocycles. The number of hydrogen-bond acceptors (Lipinski definition) is 5. The van der Waals surface area contributed by atoms with Crippen molar-refractivity contribution in [1.29, 1.82) is 0 Å². The maximum absolute atomic E-state index is 11.9. The van der Waals surface area contributed by atoms with Crippen LogP contribution in [-0.4, -0.2) is 16.2 Å². The van der Waals surface area contributed by atoms with Gasteiger partial charge in [0.1, 0.15) is 5.69 Å². The van der Waals surface area contributed by atoms with Crippen LogP contribution in [0.4, 0.5) is 0 Å². The molecule has 0 radical (unpaired) electrons. The molecule has 5 nitrogen and oxygen atoms in total. The number of carbonyl (C=O) groups excluding carboxylic acids is 1. The van der Waals surface area contributed by atoms with Crippen LogP contribution in [0.15, 0.2) is 65.2 Å². The van der Waals surface area contributed by atoms with Crippen LogP contribution in [0.3, 0.4) is 0 Å². The van der Waals surface area contributed by atoms with Crippen molar-refractivity contribution in [3.8, 4) is 11.3 Å². The molecule has 0 saturated carbocycles. The molecule has 23 heavy (non-hydrogen) atoms. The lowest BCUT2D eigenvalue weighted by atomic mass is 10.1. The molecule has 1 N–H and O–H groups in total. The van der Waals surface area contributed by atoms with Gasteiger partial charge in [-0.2, -0.15) is 0 Å². The average Bonchev–Trinajstić information content (AvgIpc) is 3.09. The van der Waals surface area contributed by atoms with Crippen molar-refractivity contribution in [2.45, 2.75) is 13.2 Å². The van der Waals surface area contributed by atoms with Gasteiger partial charge in [0.15, 0.2) is 12.4 Å². The fraction of sp³-hybridized carbons (Fsp3) is 0.111. The first-order valence-corrected chi connectivity index (χ1v) is 7.14. The number of nitrogens with zero attached hydrogens (tertiary/aromatic N) is 1. The topological polar surface area (TPSA) is 72.6 Å². The molecule has 0 saturated heterocycles. The molecule has 0 spiro atoms. The van der Waals surface area contributed by atoms with Gasteiger partial charge in [-0.25, -0.2) is 4.79 Å². The molecule has 0 fully saturated rings. The number of aromatic nitrogens is 1. The zero-order valence-corrected chi connectivity index (χ0v) is 12.3. The second-order valence-electron chi connectivity index (χ2n) is 4.98. The molecule has 0 unspecified atom stereocenters. The maximum atomic E-state index is 11.9. The van der Waals surface area contributed by atoms with Crippen molar-refractivity contribution < 1.29 is 19.2 Å². The van der Waals surface area contributed by atoms with Gasteiger partial charge >= 0.3 is 5.97 Å². The summed E-state index contributed by atoms with van der Waals surface area (Å²) in [6.45, 7) is -0.0456. The normalized spacial score (nSPS) is 10.5. The van der Waals surface area contributed by atoms with Gasteiger partial charge in [0.2, 0.25) is 0 Å². The summed E-state index contributed by atoms with van der Waals surface area (Å²) in [5, 5.41) is 12.9. The second-order valence-corrected chi connectivity index (χ2v) is 4.98. The Labute approximate surface area is 133 Å². The zero-order chi connectivity index (χ0) is 16.1. The minimum absolute atomic E-state index is 0.0143. The molecule has 3 aromatic rings. The van der Waals surface area contributed by atoms with Gasteiger partial charge in [-0.3, -0.25) is 0 Å². The smallest absolute Gasteiger partial charge is 0.338 e. The summed E-state index contributed by atoms with van der Waals surface area (Å²) in [6.07, 6.45) is 0. The van der Waals surface area contributed by atoms with Crippen LogP contribution in [0.2, 0.25) is 0 Å². The van der Waals surface area contributed by atoms with Crippen LogP contribution >= 0.6 is 0 Å². The van der Waals surface area contributed by atoms with Gasteiger partial charge in [-0.05, 0) is 17.7 Å². The van der Waals surface area contributed by atoms with Gasteiger partial charge in [-0.1, -0.05) is 47.6 Å². The van der Waals surface area contributed by atoms with Gasteiger partial charge in [0.05, 0.1) is 12.2 Å². The van der Waals surface area contributed by atoms with Crippen molar-refractivity contribution >= 4 is 5.97 Å². The molecule has 5 heteroatoms. The lowest BCUT2D eigenvalue weighted by molar-refractivity contribution is 0.0437. The minimum Gasteiger partial charge on any atom is -0.454 e. The largest absolute Gasteiger partial charge is 0.454 e. The Bertz CT molecular complexity index is 778. The molecule has 0 atom stereocenters. The van der Waals surface area contributed by atoms with E-state index >= 15 is 0 Å². The van der Waals surface area contributed by atoms with Crippen molar-refractivity contribution in [3.63, 3.8) is 0 Å². The Balaban J connectivity index is 1.62. The highest BCUT2D eigenvalue weighted by molar-refractivity contribution is 5.89. The van der Waals surface area contributed by atoms with Gasteiger partial charge in [0, 0.05) is 11.6 Å². The van der Waals surface area contributed by atoms with Crippen LogP contribution in [0.1, 0.15) is 21.7 Å². The summed E-state index contributed by atoms with van der Waals surface area (Å²) >= 11 is 0. The number of esters is 1. The fourth-order valence-corrected chi connectivity index (χ4v) is 2.09. The van der Waals surface area contributed by atoms with E-state index in [2.05, 4.69) is 5.16 Å². The number of carbonyl (C=O) groups is 1. The summed E-state index contributed by atoms with van der Waals surface area (Å²) in [7, 11) is 0. The lowest BCUT2D eigenvalue weighted by Gasteiger charge is -2.03. The Hall–Kier alpha value is -2.92. The van der Waals surface area contributed by atoms with E-state index < -0.39 is 5.97 Å². The molecular formula is C18H15NO4. The number of aliphatic hydroxyl groups is 1. The zero-order valence-electron chi connectivity index (χ0n) is 12.3. The molecule has 0 aliphatic heterocycles. The van der Waals surface area contributed by atoms with E-state index in [1.54, 1.807) is 30.3 Å². The summed E-state index contributed by atoms with van der Waals surface area (Å²) < 4.78 is 10.4. The molecule has 0 amide bonds. The predicted molar refractivity (Wildman–Crippen MR) is 83.4 cm³/mol. The first kappa shape index (κ1) is 15.0. The molecule has 116 valence electrons. The Morgan fingerprint density at radius 1 is 1.09 bits per heavy atom. The van der Waals surface area contributed by atoms with Crippen molar-refractivity contribution in [2.24, 2.45) is 0 Å². The van der Waals surface area contributed by atoms with Gasteiger partial charge < -0.3 is 14.4 Å². The van der Waals surface area contributed by atoms with E-state index in [0.717, 1.165) is 11.1 Å². The van der Waals surface area contributed by atoms with Crippen LogP contribution < -0.4 is 0 Å². The summed E-state index contributed by atoms with van der Waals surface area (Å²) in [5.41, 5.74) is 2.80. The molecule has 0 aliphatic carbocycles. The first-order valence-electron chi connectivity index (χ1n) is 7.14. The monoisotopic (exact) mass is 309 g/mol. The highest BCUT2D eigenvalue weighted by atomic mass is 16.5. The van der Waals surface area contributed by atoms with E-state index in [1.807, 2.05) is 30.3 Å². The summed E-state index contributed by atoms with van der Waals surface area (Å²) in [4.78, 5) is 11.9. The van der Waals surface area contributed by atoms with Crippen molar-refractivity contribution in [1.82, 2.24) is 5.16 Å². The van der Waals surface area contributed by atoms with E-state index in [9.17, 15) is 4.79 Å². The van der Waals surface area contributed by atoms with E-state index in [1.165, 1.54) is 0 Å². The number of benzene rings is 2. The predicted octanol–water partition coefficient (Wildman–Crippen LogP) is 3.19. The Morgan fingerprint density at radius 3 is 2.52 bits per heavy atom. The van der Waals surface area contributed by atoms with Crippen LogP contribution in [0.5, 0.6) is 0 Å². The van der Waals surface area contributed by atoms with E-state index in [0.29, 0.717) is 17.0 Å². The molecular weight excluding hydrogens is 294 g/mol. The van der Waals surface area contributed by atoms with Crippen LogP contribution in [0, 0.1) is 0 Å². The average molecular weight is 309 g/mol. The van der Waals surface area contributed by atoms with Gasteiger partial charge in [0.25, 0.3) is 0 Å². The van der Waals surface area contributed by atoms with E-state index in [4.69, 9.17) is 14.4 Å². The molecule has 1 heterocycles. The minimum atomic E-state index is -0.452. The number of aliphatic hydroxyl groups excluding tert-OH is 1. The van der Waals surface area contributed by atoms with Gasteiger partial charge in [-0.15, -0.1) is 0 Å². The fourth-order valence-electron chi connectivity index (χ4n) is 2.09. The second kappa shape index (κ2) is 6.89. The molecule has 2 aromatic carbocycles. The number of rotatable bonds is 5. The SMILES string of the molecule is O=C(OCc1cc(-c2ccccc2)no1)c1ccc(CO)cc1. The third-order valence-corrected chi connectivity index (χ3v) is 3.35. The van der Waals surface area contributed by atoms with Crippen LogP contribution in [0.25, 0.3) is 11.3 Å². The quantitative estimate of drug-likeness (QED) is 0.733. The maximum Gasteiger partial charge on any atom is 0.338 e. The lowest BCUT2D eigenvalue weighted by Crippen LogP contribution is -2.04. The third kappa shape index (κ3) is 3.64. The van der Waals surface area contributed by atoms with Crippen LogP contribution in [-0.2, 0) is 18.0 Å². The standard InChI is InChI=1S/C18H15NO4/c20-11-13-6-8-15(9-7-13)18(21)22-12-16-10-17(19-23-16)14-4-2-1-3-5-14/h1-10,20H,11-12H2. The van der Waals surface area contributed by atoms with Crippen molar-refractivity contribution in [3.05, 3.63) is 77.6 Å². The Kier molecular flexibility index (Phi) is 4.49. The summed E-state index contributed by atoms with van der Waals surface area (Å²) in [5.74, 6) is 0.0244. The Morgan fingerprint density at radius 2 is 1.83 bits per heavy atom. The molecule has 3 rings (SSSR count). The third-order valence-electron chi connectivity index (χ3n) is 3.35. The van der Waals surface area contributed by atoms with E-state index in [-0.39, 0.29) is 13.2 Å². The van der Waals surface area contributed by atoms with Crippen molar-refractivity contribution in [2.75, 3.05) is 0 Å². The summed E-state index contributed by atoms with van der Waals surface area (Å²) in [6, 6.07) is 17.9. The number of ether oxygens (including phenoxy) is 1. The number of hydrogen-bond donors (Lipinski definition) is 1. The highest BCUT2D eigenvalue weighted by Crippen LogP contribution is 2.19. The highest BCUT2D eigenvalue weighted by Gasteiger charge is 2.11. The molecule has 0 bridgehead atoms. The first-order chi connectivity index (χ1) is 11.3.